The molecule has 0 unspecified atom stereocenters. The first-order chi connectivity index (χ1) is 21.3. The third-order valence-electron chi connectivity index (χ3n) is 8.77. The first kappa shape index (κ1) is 29.0. The van der Waals surface area contributed by atoms with E-state index in [1.807, 2.05) is 17.5 Å². The van der Waals surface area contributed by atoms with Crippen molar-refractivity contribution in [1.82, 2.24) is 9.97 Å². The van der Waals surface area contributed by atoms with E-state index in [0.29, 0.717) is 49.5 Å². The SMILES string of the molecule is C[C@@H]1N(c2cc(C#CC3CC3)cnc2O[C@H]2C[C@@H](C(=O)O)N(c3cc(-c4cccs4)nc(C(F)F)c3)C2)CCOC12COC2. The summed E-state index contributed by atoms with van der Waals surface area (Å²) in [5, 5.41) is 12.0. The van der Waals surface area contributed by atoms with Crippen LogP contribution in [0.2, 0.25) is 0 Å². The highest BCUT2D eigenvalue weighted by Gasteiger charge is 2.50. The molecule has 3 aromatic heterocycles. The fourth-order valence-corrected chi connectivity index (χ4v) is 6.73. The van der Waals surface area contributed by atoms with Crippen molar-refractivity contribution in [2.45, 2.75) is 56.4 Å². The molecule has 1 aliphatic carbocycles. The number of carbonyl (C=O) groups is 1. The van der Waals surface area contributed by atoms with Crippen LogP contribution in [0.3, 0.4) is 0 Å². The summed E-state index contributed by atoms with van der Waals surface area (Å²) < 4.78 is 45.9. The molecule has 3 aromatic rings. The Hall–Kier alpha value is -3.79. The highest BCUT2D eigenvalue weighted by Crippen LogP contribution is 2.40. The van der Waals surface area contributed by atoms with Gasteiger partial charge in [-0.1, -0.05) is 17.9 Å². The van der Waals surface area contributed by atoms with Gasteiger partial charge in [-0.2, -0.15) is 0 Å². The Balaban J connectivity index is 1.20. The van der Waals surface area contributed by atoms with Crippen molar-refractivity contribution < 1.29 is 32.9 Å². The molecule has 0 aromatic carbocycles. The lowest BCUT2D eigenvalue weighted by atomic mass is 9.90. The number of rotatable bonds is 7. The van der Waals surface area contributed by atoms with Gasteiger partial charge in [0, 0.05) is 36.3 Å². The zero-order valence-corrected chi connectivity index (χ0v) is 24.9. The number of hydrogen-bond donors (Lipinski definition) is 1. The van der Waals surface area contributed by atoms with Gasteiger partial charge >= 0.3 is 5.97 Å². The van der Waals surface area contributed by atoms with E-state index in [0.717, 1.165) is 29.0 Å². The van der Waals surface area contributed by atoms with Gasteiger partial charge in [0.2, 0.25) is 5.88 Å². The van der Waals surface area contributed by atoms with E-state index in [9.17, 15) is 18.7 Å². The monoisotopic (exact) mass is 622 g/mol. The van der Waals surface area contributed by atoms with Crippen LogP contribution in [0.25, 0.3) is 10.6 Å². The van der Waals surface area contributed by atoms with Gasteiger partial charge in [-0.25, -0.2) is 23.5 Å². The van der Waals surface area contributed by atoms with E-state index in [1.165, 1.54) is 17.4 Å². The van der Waals surface area contributed by atoms with Gasteiger partial charge in [-0.3, -0.25) is 0 Å². The number of halogens is 2. The number of nitrogens with zero attached hydrogens (tertiary/aromatic N) is 4. The smallest absolute Gasteiger partial charge is 0.326 e. The summed E-state index contributed by atoms with van der Waals surface area (Å²) in [5.41, 5.74) is 1.48. The minimum absolute atomic E-state index is 0.0205. The molecular weight excluding hydrogens is 590 g/mol. The van der Waals surface area contributed by atoms with Crippen LogP contribution in [0.15, 0.2) is 41.9 Å². The molecule has 44 heavy (non-hydrogen) atoms. The number of carboxylic acid groups (broad SMARTS) is 1. The Labute approximate surface area is 257 Å². The number of ether oxygens (including phenoxy) is 3. The highest BCUT2D eigenvalue weighted by atomic mass is 32.1. The average Bonchev–Trinajstić information content (AvgIpc) is 3.46. The number of alkyl halides is 2. The van der Waals surface area contributed by atoms with E-state index >= 15 is 0 Å². The molecule has 3 saturated heterocycles. The van der Waals surface area contributed by atoms with E-state index in [-0.39, 0.29) is 19.0 Å². The molecule has 0 amide bonds. The average molecular weight is 623 g/mol. The molecule has 9 nitrogen and oxygen atoms in total. The molecule has 0 radical (unpaired) electrons. The fraction of sp³-hybridized carbons (Fsp3) is 0.469. The van der Waals surface area contributed by atoms with Crippen LogP contribution >= 0.6 is 11.3 Å². The number of carboxylic acids is 1. The molecule has 230 valence electrons. The molecule has 7 rings (SSSR count). The van der Waals surface area contributed by atoms with Gasteiger partial charge in [0.1, 0.15) is 29.1 Å². The summed E-state index contributed by atoms with van der Waals surface area (Å²) >= 11 is 1.38. The zero-order valence-electron chi connectivity index (χ0n) is 24.1. The molecule has 3 aliphatic heterocycles. The summed E-state index contributed by atoms with van der Waals surface area (Å²) in [6.07, 6.45) is 0.707. The maximum Gasteiger partial charge on any atom is 0.326 e. The van der Waals surface area contributed by atoms with E-state index in [1.54, 1.807) is 23.2 Å². The number of pyridine rings is 2. The van der Waals surface area contributed by atoms with Crippen LogP contribution in [0.1, 0.15) is 43.9 Å². The number of aliphatic carboxylic acids is 1. The van der Waals surface area contributed by atoms with Crippen molar-refractivity contribution in [2.75, 3.05) is 42.7 Å². The molecule has 0 bridgehead atoms. The maximum atomic E-state index is 13.9. The van der Waals surface area contributed by atoms with Gasteiger partial charge in [0.15, 0.2) is 0 Å². The lowest BCUT2D eigenvalue weighted by Gasteiger charge is -2.53. The standard InChI is InChI=1S/C32H32F2N4O5S/c1-19-32(17-41-18-32)42-9-8-37(19)26-11-21(7-6-20-4-5-20)15-35-30(26)43-23-14-27(31(39)40)38(16-23)22-12-24(28-3-2-10-44-28)36-25(13-22)29(33)34/h2-3,10-13,15,19-20,23,27,29H,4-5,8-9,14,16-18H2,1H3,(H,39,40)/t19-,23-,27-/m0/s1. The lowest BCUT2D eigenvalue weighted by Crippen LogP contribution is -2.68. The van der Waals surface area contributed by atoms with Crippen molar-refractivity contribution in [3.63, 3.8) is 0 Å². The number of aromatic nitrogens is 2. The molecule has 4 fully saturated rings. The first-order valence-electron chi connectivity index (χ1n) is 14.8. The number of anilines is 2. The van der Waals surface area contributed by atoms with Crippen molar-refractivity contribution in [3.05, 3.63) is 53.2 Å². The van der Waals surface area contributed by atoms with Crippen LogP contribution in [-0.4, -0.2) is 77.7 Å². The van der Waals surface area contributed by atoms with E-state index in [2.05, 4.69) is 33.6 Å². The quantitative estimate of drug-likeness (QED) is 0.365. The second-order valence-corrected chi connectivity index (χ2v) is 12.7. The van der Waals surface area contributed by atoms with Crippen LogP contribution in [-0.2, 0) is 14.3 Å². The maximum absolute atomic E-state index is 13.9. The van der Waals surface area contributed by atoms with E-state index < -0.39 is 35.8 Å². The number of hydrogen-bond acceptors (Lipinski definition) is 9. The Bertz CT molecular complexity index is 1600. The third-order valence-corrected chi connectivity index (χ3v) is 9.66. The second-order valence-electron chi connectivity index (χ2n) is 11.8. The second kappa shape index (κ2) is 11.6. The van der Waals surface area contributed by atoms with Crippen molar-refractivity contribution in [2.24, 2.45) is 5.92 Å². The third kappa shape index (κ3) is 5.60. The van der Waals surface area contributed by atoms with Gasteiger partial charge in [-0.15, -0.1) is 11.3 Å². The van der Waals surface area contributed by atoms with Crippen molar-refractivity contribution in [3.8, 4) is 28.3 Å². The summed E-state index contributed by atoms with van der Waals surface area (Å²) in [4.78, 5) is 25.8. The predicted molar refractivity (Wildman–Crippen MR) is 160 cm³/mol. The van der Waals surface area contributed by atoms with Crippen LogP contribution in [0, 0.1) is 17.8 Å². The molecule has 6 heterocycles. The Morgan fingerprint density at radius 3 is 2.77 bits per heavy atom. The molecule has 1 N–H and O–H groups in total. The fourth-order valence-electron chi connectivity index (χ4n) is 6.05. The number of morpholine rings is 1. The largest absolute Gasteiger partial charge is 0.480 e. The summed E-state index contributed by atoms with van der Waals surface area (Å²) in [6.45, 7) is 4.43. The van der Waals surface area contributed by atoms with Gasteiger partial charge in [0.05, 0.1) is 43.0 Å². The Kier molecular flexibility index (Phi) is 7.64. The van der Waals surface area contributed by atoms with Crippen molar-refractivity contribution in [1.29, 1.82) is 0 Å². The normalized spacial score (nSPS) is 24.2. The Morgan fingerprint density at radius 1 is 1.25 bits per heavy atom. The predicted octanol–water partition coefficient (Wildman–Crippen LogP) is 5.01. The molecule has 4 aliphatic rings. The molecule has 1 spiro atoms. The Morgan fingerprint density at radius 2 is 2.09 bits per heavy atom. The van der Waals surface area contributed by atoms with E-state index in [4.69, 9.17) is 14.2 Å². The summed E-state index contributed by atoms with van der Waals surface area (Å²) in [5.74, 6) is 6.29. The minimum atomic E-state index is -2.81. The topological polar surface area (TPSA) is 97.3 Å². The molecular formula is C32H32F2N4O5S. The molecule has 1 saturated carbocycles. The van der Waals surface area contributed by atoms with Gasteiger partial charge in [0.25, 0.3) is 6.43 Å². The van der Waals surface area contributed by atoms with Crippen LogP contribution in [0.4, 0.5) is 20.2 Å². The summed E-state index contributed by atoms with van der Waals surface area (Å²) in [7, 11) is 0. The molecule has 3 atom stereocenters. The first-order valence-corrected chi connectivity index (χ1v) is 15.7. The molecule has 12 heteroatoms. The summed E-state index contributed by atoms with van der Waals surface area (Å²) in [6, 6.07) is 7.55. The van der Waals surface area contributed by atoms with Crippen molar-refractivity contribution >= 4 is 28.7 Å². The minimum Gasteiger partial charge on any atom is -0.480 e. The van der Waals surface area contributed by atoms with Crippen LogP contribution in [0.5, 0.6) is 5.88 Å². The van der Waals surface area contributed by atoms with Gasteiger partial charge < -0.3 is 29.1 Å². The zero-order chi connectivity index (χ0) is 30.4. The van der Waals surface area contributed by atoms with Gasteiger partial charge in [-0.05, 0) is 49.4 Å². The van der Waals surface area contributed by atoms with Crippen LogP contribution < -0.4 is 14.5 Å². The lowest BCUT2D eigenvalue weighted by molar-refractivity contribution is -0.228. The highest BCUT2D eigenvalue weighted by molar-refractivity contribution is 7.13. The number of thiophene rings is 1.